The number of esters is 1. The average molecular weight is 536 g/mol. The van der Waals surface area contributed by atoms with Gasteiger partial charge in [-0.2, -0.15) is 0 Å². The number of aryl methyl sites for hydroxylation is 3. The molecule has 0 amide bonds. The minimum Gasteiger partial charge on any atom is -0.507 e. The van der Waals surface area contributed by atoms with Crippen molar-refractivity contribution in [3.63, 3.8) is 0 Å². The summed E-state index contributed by atoms with van der Waals surface area (Å²) in [5.41, 5.74) is -2.84. The van der Waals surface area contributed by atoms with Gasteiger partial charge < -0.3 is 24.5 Å². The zero-order chi connectivity index (χ0) is 28.6. The molecule has 0 spiro atoms. The van der Waals surface area contributed by atoms with E-state index in [4.69, 9.17) is 9.15 Å². The van der Waals surface area contributed by atoms with E-state index < -0.39 is 62.7 Å². The number of hydrogen-bond donors (Lipinski definition) is 3. The fraction of sp³-hybridized carbons (Fsp3) is 0.0968. The largest absolute Gasteiger partial charge is 0.507 e. The Morgan fingerprint density at radius 3 is 2.12 bits per heavy atom. The summed E-state index contributed by atoms with van der Waals surface area (Å²) in [6.45, 7) is 4.88. The van der Waals surface area contributed by atoms with Crippen LogP contribution in [0, 0.1) is 20.8 Å². The Kier molecular flexibility index (Phi) is 5.31. The number of ketones is 2. The smallest absolute Gasteiger partial charge is 0.348 e. The normalized spacial score (nSPS) is 16.7. The van der Waals surface area contributed by atoms with Crippen LogP contribution in [0.3, 0.4) is 0 Å². The topological polar surface area (TPSA) is 151 Å². The van der Waals surface area contributed by atoms with E-state index in [1.807, 2.05) is 0 Å². The number of aliphatic hydroxyl groups excluding tert-OH is 1. The first-order valence-corrected chi connectivity index (χ1v) is 12.2. The third-order valence-electron chi connectivity index (χ3n) is 7.17. The molecule has 1 aliphatic heterocycles. The standard InChI is InChI=1S/C31H20O9/c1-12-10-15-21(16(32)11-12)29(36)23(25-28(35)20-14(3)7-5-9-18(20)40-31(25)38)22(26(15)33)24-27(34)19-13(2)6-4-8-17(19)39-30(24)37/h4-11,32-34H,1-3H3/b25-23+. The molecule has 0 atom stereocenters. The molecule has 40 heavy (non-hydrogen) atoms. The van der Waals surface area contributed by atoms with E-state index in [1.165, 1.54) is 24.3 Å². The quantitative estimate of drug-likeness (QED) is 0.102. The molecule has 3 aromatic carbocycles. The highest BCUT2D eigenvalue weighted by Gasteiger charge is 2.44. The predicted octanol–water partition coefficient (Wildman–Crippen LogP) is 4.85. The summed E-state index contributed by atoms with van der Waals surface area (Å²) in [5.74, 6) is -4.97. The summed E-state index contributed by atoms with van der Waals surface area (Å²) in [5, 5.41) is 33.8. The maximum atomic E-state index is 14.1. The van der Waals surface area contributed by atoms with Crippen LogP contribution in [0.2, 0.25) is 0 Å². The molecule has 9 heteroatoms. The van der Waals surface area contributed by atoms with E-state index in [2.05, 4.69) is 0 Å². The number of Topliss-reactive ketones (excluding diaryl/α,β-unsaturated/α-hetero) is 2. The lowest BCUT2D eigenvalue weighted by Gasteiger charge is -2.26. The van der Waals surface area contributed by atoms with Gasteiger partial charge in [0.25, 0.3) is 0 Å². The molecule has 0 saturated heterocycles. The molecule has 1 aromatic heterocycles. The SMILES string of the molecule is Cc1cc(O)c2c(c1)C(O)=C(c1c(O)c3c(C)cccc3oc1=O)/C(=C1\C(=O)Oc3cccc(C)c3C1=O)C2=O. The van der Waals surface area contributed by atoms with Crippen LogP contribution < -0.4 is 10.4 Å². The lowest BCUT2D eigenvalue weighted by Crippen LogP contribution is -2.31. The van der Waals surface area contributed by atoms with Gasteiger partial charge in [-0.15, -0.1) is 0 Å². The van der Waals surface area contributed by atoms with E-state index in [0.29, 0.717) is 16.7 Å². The first kappa shape index (κ1) is 24.9. The van der Waals surface area contributed by atoms with Gasteiger partial charge >= 0.3 is 11.6 Å². The van der Waals surface area contributed by atoms with Crippen LogP contribution >= 0.6 is 0 Å². The highest BCUT2D eigenvalue weighted by Crippen LogP contribution is 2.47. The molecule has 0 bridgehead atoms. The summed E-state index contributed by atoms with van der Waals surface area (Å²) in [6.07, 6.45) is 0. The maximum absolute atomic E-state index is 14.1. The molecule has 9 nitrogen and oxygen atoms in total. The minimum absolute atomic E-state index is 0.0140. The fourth-order valence-electron chi connectivity index (χ4n) is 5.39. The predicted molar refractivity (Wildman–Crippen MR) is 144 cm³/mol. The van der Waals surface area contributed by atoms with Gasteiger partial charge in [0.05, 0.1) is 22.1 Å². The van der Waals surface area contributed by atoms with Gasteiger partial charge in [-0.1, -0.05) is 24.3 Å². The molecule has 2 heterocycles. The number of benzene rings is 3. The van der Waals surface area contributed by atoms with E-state index in [1.54, 1.807) is 45.0 Å². The molecule has 0 unspecified atom stereocenters. The zero-order valence-electron chi connectivity index (χ0n) is 21.4. The van der Waals surface area contributed by atoms with Crippen molar-refractivity contribution in [3.05, 3.63) is 109 Å². The van der Waals surface area contributed by atoms with Crippen molar-refractivity contribution >= 4 is 39.8 Å². The summed E-state index contributed by atoms with van der Waals surface area (Å²) >= 11 is 0. The van der Waals surface area contributed by atoms with Gasteiger partial charge in [-0.3, -0.25) is 9.59 Å². The second-order valence-corrected chi connectivity index (χ2v) is 9.74. The van der Waals surface area contributed by atoms with Crippen molar-refractivity contribution < 1.29 is 38.9 Å². The van der Waals surface area contributed by atoms with Crippen LogP contribution in [0.25, 0.3) is 22.3 Å². The first-order valence-electron chi connectivity index (χ1n) is 12.2. The molecule has 3 N–H and O–H groups in total. The van der Waals surface area contributed by atoms with Crippen LogP contribution in [0.1, 0.15) is 48.5 Å². The molecule has 198 valence electrons. The molecule has 0 radical (unpaired) electrons. The van der Waals surface area contributed by atoms with Crippen LogP contribution in [0.15, 0.2) is 68.9 Å². The Morgan fingerprint density at radius 2 is 1.38 bits per heavy atom. The van der Waals surface area contributed by atoms with Crippen molar-refractivity contribution in [2.75, 3.05) is 0 Å². The van der Waals surface area contributed by atoms with E-state index in [0.717, 1.165) is 0 Å². The second kappa shape index (κ2) is 8.54. The van der Waals surface area contributed by atoms with Gasteiger partial charge in [0.2, 0.25) is 5.78 Å². The molecule has 0 fully saturated rings. The number of phenolic OH excluding ortho intramolecular Hbond substituents is 1. The third kappa shape index (κ3) is 3.34. The number of aromatic hydroxyl groups is 2. The number of carbonyl (C=O) groups is 3. The van der Waals surface area contributed by atoms with Crippen LogP contribution in [-0.2, 0) is 4.79 Å². The Bertz CT molecular complexity index is 2000. The van der Waals surface area contributed by atoms with Crippen LogP contribution in [-0.4, -0.2) is 32.9 Å². The van der Waals surface area contributed by atoms with Gasteiger partial charge in [0.15, 0.2) is 5.78 Å². The lowest BCUT2D eigenvalue weighted by molar-refractivity contribution is -0.130. The number of allylic oxidation sites excluding steroid dienone is 2. The van der Waals surface area contributed by atoms with Crippen molar-refractivity contribution in [1.82, 2.24) is 0 Å². The summed E-state index contributed by atoms with van der Waals surface area (Å²) in [4.78, 5) is 54.6. The number of hydrogen-bond acceptors (Lipinski definition) is 9. The first-order chi connectivity index (χ1) is 19.0. The average Bonchev–Trinajstić information content (AvgIpc) is 2.87. The Labute approximate surface area is 225 Å². The van der Waals surface area contributed by atoms with Crippen molar-refractivity contribution in [2.24, 2.45) is 0 Å². The Balaban J connectivity index is 1.80. The molecule has 0 saturated carbocycles. The summed E-state index contributed by atoms with van der Waals surface area (Å²) in [7, 11) is 0. The van der Waals surface area contributed by atoms with Gasteiger partial charge in [0.1, 0.15) is 39.7 Å². The summed E-state index contributed by atoms with van der Waals surface area (Å²) < 4.78 is 10.8. The fourth-order valence-corrected chi connectivity index (χ4v) is 5.39. The van der Waals surface area contributed by atoms with E-state index >= 15 is 0 Å². The number of fused-ring (bicyclic) bond motifs is 3. The molecule has 1 aliphatic carbocycles. The van der Waals surface area contributed by atoms with E-state index in [-0.39, 0.29) is 33.4 Å². The third-order valence-corrected chi connectivity index (χ3v) is 7.17. The highest BCUT2D eigenvalue weighted by molar-refractivity contribution is 6.39. The number of carbonyl (C=O) groups excluding carboxylic acids is 3. The van der Waals surface area contributed by atoms with Gasteiger partial charge in [0, 0.05) is 11.1 Å². The Hall–Kier alpha value is -5.44. The minimum atomic E-state index is -1.20. The molecular weight excluding hydrogens is 516 g/mol. The molecule has 4 aromatic rings. The second-order valence-electron chi connectivity index (χ2n) is 9.74. The maximum Gasteiger partial charge on any atom is 0.348 e. The van der Waals surface area contributed by atoms with Gasteiger partial charge in [-0.05, 0) is 61.7 Å². The van der Waals surface area contributed by atoms with Crippen LogP contribution in [0.4, 0.5) is 0 Å². The Morgan fingerprint density at radius 1 is 0.700 bits per heavy atom. The number of rotatable bonds is 1. The van der Waals surface area contributed by atoms with Crippen LogP contribution in [0.5, 0.6) is 17.2 Å². The molecule has 6 rings (SSSR count). The number of ether oxygens (including phenoxy) is 1. The van der Waals surface area contributed by atoms with Crippen molar-refractivity contribution in [2.45, 2.75) is 20.8 Å². The van der Waals surface area contributed by atoms with E-state index in [9.17, 15) is 34.5 Å². The van der Waals surface area contributed by atoms with Gasteiger partial charge in [-0.25, -0.2) is 9.59 Å². The lowest BCUT2D eigenvalue weighted by atomic mass is 9.77. The molecular formula is C31H20O9. The molecule has 2 aliphatic rings. The highest BCUT2D eigenvalue weighted by atomic mass is 16.5. The number of phenols is 1. The number of aliphatic hydroxyl groups is 1. The van der Waals surface area contributed by atoms with Crippen molar-refractivity contribution in [3.8, 4) is 17.2 Å². The zero-order valence-corrected chi connectivity index (χ0v) is 21.4. The summed E-state index contributed by atoms with van der Waals surface area (Å²) in [6, 6.07) is 12.0. The monoisotopic (exact) mass is 536 g/mol. The van der Waals surface area contributed by atoms with Crippen molar-refractivity contribution in [1.29, 1.82) is 0 Å².